The molecule has 4 heterocycles. The van der Waals surface area contributed by atoms with E-state index in [4.69, 9.17) is 9.26 Å². The van der Waals surface area contributed by atoms with E-state index in [1.807, 2.05) is 54.7 Å². The van der Waals surface area contributed by atoms with Gasteiger partial charge in [-0.1, -0.05) is 23.4 Å². The molecule has 1 atom stereocenters. The highest BCUT2D eigenvalue weighted by atomic mass is 16.5. The third kappa shape index (κ3) is 4.22. The van der Waals surface area contributed by atoms with E-state index in [1.54, 1.807) is 22.0 Å². The first-order valence-electron chi connectivity index (χ1n) is 10.6. The molecule has 1 fully saturated rings. The predicted molar refractivity (Wildman–Crippen MR) is 115 cm³/mol. The van der Waals surface area contributed by atoms with Gasteiger partial charge in [-0.15, -0.1) is 0 Å². The van der Waals surface area contributed by atoms with Gasteiger partial charge in [0.1, 0.15) is 11.8 Å². The van der Waals surface area contributed by atoms with E-state index in [-0.39, 0.29) is 18.6 Å². The van der Waals surface area contributed by atoms with Crippen LogP contribution in [0.25, 0.3) is 17.2 Å². The number of amides is 1. The number of hydrogen-bond acceptors (Lipinski definition) is 7. The van der Waals surface area contributed by atoms with Gasteiger partial charge in [0.25, 0.3) is 5.91 Å². The molecule has 3 aromatic heterocycles. The smallest absolute Gasteiger partial charge is 0.261 e. The summed E-state index contributed by atoms with van der Waals surface area (Å²) in [6.07, 6.45) is 7.89. The lowest BCUT2D eigenvalue weighted by Gasteiger charge is -2.33. The number of pyridine rings is 1. The van der Waals surface area contributed by atoms with Crippen molar-refractivity contribution >= 4 is 5.91 Å². The summed E-state index contributed by atoms with van der Waals surface area (Å²) in [5.41, 5.74) is 0.765. The van der Waals surface area contributed by atoms with Crippen molar-refractivity contribution in [3.05, 3.63) is 73.0 Å². The van der Waals surface area contributed by atoms with Crippen LogP contribution in [0.5, 0.6) is 5.75 Å². The van der Waals surface area contributed by atoms with E-state index in [0.717, 1.165) is 24.8 Å². The quantitative estimate of drug-likeness (QED) is 0.462. The van der Waals surface area contributed by atoms with Crippen LogP contribution in [0.4, 0.5) is 0 Å². The largest absolute Gasteiger partial charge is 0.484 e. The lowest BCUT2D eigenvalue weighted by Crippen LogP contribution is -2.41. The first-order valence-corrected chi connectivity index (χ1v) is 10.6. The summed E-state index contributed by atoms with van der Waals surface area (Å²) >= 11 is 0. The predicted octanol–water partition coefficient (Wildman–Crippen LogP) is 3.45. The zero-order valence-electron chi connectivity index (χ0n) is 17.4. The SMILES string of the molecule is O=C(COc1ccccc1)N1CCCC[C@@H]1c1nc(-c2ccnc(-n3cccn3)c2)no1. The molecule has 0 aliphatic carbocycles. The molecule has 1 saturated heterocycles. The molecule has 4 aromatic rings. The normalized spacial score (nSPS) is 16.1. The van der Waals surface area contributed by atoms with Crippen molar-refractivity contribution < 1.29 is 14.1 Å². The van der Waals surface area contributed by atoms with E-state index >= 15 is 0 Å². The second-order valence-electron chi connectivity index (χ2n) is 7.51. The number of ether oxygens (including phenoxy) is 1. The van der Waals surface area contributed by atoms with Gasteiger partial charge in [0.05, 0.1) is 0 Å². The van der Waals surface area contributed by atoms with Crippen LogP contribution in [0.1, 0.15) is 31.2 Å². The number of likely N-dealkylation sites (tertiary alicyclic amines) is 1. The van der Waals surface area contributed by atoms with Gasteiger partial charge in [0, 0.05) is 30.7 Å². The number of para-hydroxylation sites is 1. The first-order chi connectivity index (χ1) is 15.8. The van der Waals surface area contributed by atoms with Crippen LogP contribution in [-0.4, -0.2) is 48.9 Å². The Kier molecular flexibility index (Phi) is 5.61. The van der Waals surface area contributed by atoms with Gasteiger partial charge in [-0.3, -0.25) is 4.79 Å². The van der Waals surface area contributed by atoms with E-state index < -0.39 is 0 Å². The standard InChI is InChI=1S/C23H22N6O3/c30-21(16-31-18-7-2-1-3-8-18)28-13-5-4-9-19(28)23-26-22(27-32-23)17-10-12-24-20(15-17)29-14-6-11-25-29/h1-3,6-8,10-12,14-15,19H,4-5,9,13,16H2/t19-/m1/s1. The molecule has 9 heteroatoms. The van der Waals surface area contributed by atoms with Crippen LogP contribution in [0, 0.1) is 0 Å². The van der Waals surface area contributed by atoms with Gasteiger partial charge in [-0.05, 0) is 49.6 Å². The Balaban J connectivity index is 1.33. The summed E-state index contributed by atoms with van der Waals surface area (Å²) in [4.78, 5) is 23.6. The van der Waals surface area contributed by atoms with Crippen LogP contribution < -0.4 is 4.74 Å². The van der Waals surface area contributed by atoms with Crippen molar-refractivity contribution in [3.63, 3.8) is 0 Å². The molecule has 1 aliphatic rings. The molecular weight excluding hydrogens is 408 g/mol. The molecule has 0 radical (unpaired) electrons. The molecule has 32 heavy (non-hydrogen) atoms. The van der Waals surface area contributed by atoms with E-state index in [9.17, 15) is 4.79 Å². The molecule has 0 N–H and O–H groups in total. The number of benzene rings is 1. The molecule has 1 aromatic carbocycles. The first kappa shape index (κ1) is 19.9. The lowest BCUT2D eigenvalue weighted by atomic mass is 10.0. The fourth-order valence-corrected chi connectivity index (χ4v) is 3.81. The van der Waals surface area contributed by atoms with Crippen molar-refractivity contribution in [1.29, 1.82) is 0 Å². The Labute approximate surface area is 184 Å². The fraction of sp³-hybridized carbons (Fsp3) is 0.261. The minimum Gasteiger partial charge on any atom is -0.484 e. The van der Waals surface area contributed by atoms with Gasteiger partial charge < -0.3 is 14.2 Å². The van der Waals surface area contributed by atoms with Crippen molar-refractivity contribution in [2.75, 3.05) is 13.2 Å². The highest BCUT2D eigenvalue weighted by molar-refractivity contribution is 5.78. The number of aromatic nitrogens is 5. The topological polar surface area (TPSA) is 99.2 Å². The number of carbonyl (C=O) groups is 1. The monoisotopic (exact) mass is 430 g/mol. The second kappa shape index (κ2) is 9.01. The van der Waals surface area contributed by atoms with Crippen LogP contribution in [0.15, 0.2) is 71.6 Å². The average Bonchev–Trinajstić information content (AvgIpc) is 3.56. The summed E-state index contributed by atoms with van der Waals surface area (Å²) in [7, 11) is 0. The maximum Gasteiger partial charge on any atom is 0.261 e. The van der Waals surface area contributed by atoms with Crippen molar-refractivity contribution in [3.8, 4) is 23.0 Å². The molecule has 1 amide bonds. The van der Waals surface area contributed by atoms with E-state index in [1.165, 1.54) is 0 Å². The number of piperidine rings is 1. The fourth-order valence-electron chi connectivity index (χ4n) is 3.81. The second-order valence-corrected chi connectivity index (χ2v) is 7.51. The van der Waals surface area contributed by atoms with Gasteiger partial charge >= 0.3 is 0 Å². The molecular formula is C23H22N6O3. The molecule has 162 valence electrons. The Bertz CT molecular complexity index is 1180. The van der Waals surface area contributed by atoms with Crippen LogP contribution in [-0.2, 0) is 4.79 Å². The average molecular weight is 430 g/mol. The van der Waals surface area contributed by atoms with Gasteiger partial charge in [-0.25, -0.2) is 9.67 Å². The summed E-state index contributed by atoms with van der Waals surface area (Å²) in [6, 6.07) is 14.6. The Morgan fingerprint density at radius 3 is 2.88 bits per heavy atom. The zero-order chi connectivity index (χ0) is 21.8. The van der Waals surface area contributed by atoms with E-state index in [0.29, 0.717) is 29.8 Å². The molecule has 0 saturated carbocycles. The van der Waals surface area contributed by atoms with Crippen molar-refractivity contribution in [2.45, 2.75) is 25.3 Å². The molecule has 9 nitrogen and oxygen atoms in total. The third-order valence-electron chi connectivity index (χ3n) is 5.40. The van der Waals surface area contributed by atoms with Gasteiger partial charge in [-0.2, -0.15) is 10.1 Å². The Hall–Kier alpha value is -4.01. The van der Waals surface area contributed by atoms with Crippen LogP contribution >= 0.6 is 0 Å². The summed E-state index contributed by atoms with van der Waals surface area (Å²) in [5.74, 6) is 2.12. The Morgan fingerprint density at radius 1 is 1.12 bits per heavy atom. The van der Waals surface area contributed by atoms with Gasteiger partial charge in [0.15, 0.2) is 12.4 Å². The number of rotatable bonds is 6. The number of nitrogens with zero attached hydrogens (tertiary/aromatic N) is 6. The summed E-state index contributed by atoms with van der Waals surface area (Å²) in [6.45, 7) is 0.608. The minimum absolute atomic E-state index is 0.0287. The Morgan fingerprint density at radius 2 is 2.03 bits per heavy atom. The summed E-state index contributed by atoms with van der Waals surface area (Å²) in [5, 5.41) is 8.36. The molecule has 0 unspecified atom stereocenters. The van der Waals surface area contributed by atoms with Crippen LogP contribution in [0.2, 0.25) is 0 Å². The maximum absolute atomic E-state index is 12.9. The number of carbonyl (C=O) groups excluding carboxylic acids is 1. The molecule has 0 bridgehead atoms. The number of hydrogen-bond donors (Lipinski definition) is 0. The molecule has 0 spiro atoms. The highest BCUT2D eigenvalue weighted by Crippen LogP contribution is 2.31. The lowest BCUT2D eigenvalue weighted by molar-refractivity contribution is -0.138. The van der Waals surface area contributed by atoms with Gasteiger partial charge in [0.2, 0.25) is 11.7 Å². The highest BCUT2D eigenvalue weighted by Gasteiger charge is 2.32. The van der Waals surface area contributed by atoms with Crippen LogP contribution in [0.3, 0.4) is 0 Å². The van der Waals surface area contributed by atoms with E-state index in [2.05, 4.69) is 20.2 Å². The molecule has 1 aliphatic heterocycles. The summed E-state index contributed by atoms with van der Waals surface area (Å²) < 4.78 is 12.9. The van der Waals surface area contributed by atoms with Crippen molar-refractivity contribution in [1.82, 2.24) is 29.8 Å². The minimum atomic E-state index is -0.260. The zero-order valence-corrected chi connectivity index (χ0v) is 17.4. The maximum atomic E-state index is 12.9. The molecule has 5 rings (SSSR count). The van der Waals surface area contributed by atoms with Crippen molar-refractivity contribution in [2.24, 2.45) is 0 Å². The third-order valence-corrected chi connectivity index (χ3v) is 5.40.